The van der Waals surface area contributed by atoms with Gasteiger partial charge < -0.3 is 5.11 Å². The zero-order valence-electron chi connectivity index (χ0n) is 8.10. The number of halogens is 3. The van der Waals surface area contributed by atoms with E-state index in [1.54, 1.807) is 0 Å². The summed E-state index contributed by atoms with van der Waals surface area (Å²) in [6.45, 7) is 1.46. The summed E-state index contributed by atoms with van der Waals surface area (Å²) in [6.07, 6.45) is -2.83. The van der Waals surface area contributed by atoms with Gasteiger partial charge in [0.25, 0.3) is 0 Å². The van der Waals surface area contributed by atoms with E-state index < -0.39 is 11.9 Å². The molecule has 2 nitrogen and oxygen atoms in total. The second-order valence-corrected chi connectivity index (χ2v) is 3.83. The van der Waals surface area contributed by atoms with Crippen LogP contribution in [0.1, 0.15) is 35.7 Å². The Kier molecular flexibility index (Phi) is 2.13. The first-order valence-electron chi connectivity index (χ1n) is 4.67. The molecule has 1 heterocycles. The summed E-state index contributed by atoms with van der Waals surface area (Å²) < 4.78 is 37.3. The highest BCUT2D eigenvalue weighted by molar-refractivity contribution is 5.40. The summed E-state index contributed by atoms with van der Waals surface area (Å²) in [6, 6.07) is 0.876. The fourth-order valence-electron chi connectivity index (χ4n) is 1.48. The van der Waals surface area contributed by atoms with Crippen LogP contribution in [0.25, 0.3) is 0 Å². The molecule has 0 aliphatic heterocycles. The Morgan fingerprint density at radius 2 is 2.00 bits per heavy atom. The number of hydrogen-bond donors (Lipinski definition) is 1. The van der Waals surface area contributed by atoms with Crippen molar-refractivity contribution in [2.24, 2.45) is 0 Å². The van der Waals surface area contributed by atoms with Crippen molar-refractivity contribution >= 4 is 0 Å². The molecule has 1 aliphatic rings. The molecule has 0 bridgehead atoms. The summed E-state index contributed by atoms with van der Waals surface area (Å²) in [5.74, 6) is -0.0866. The lowest BCUT2D eigenvalue weighted by molar-refractivity contribution is -0.141. The van der Waals surface area contributed by atoms with Gasteiger partial charge in [-0.2, -0.15) is 13.2 Å². The molecule has 1 aromatic rings. The molecule has 5 heteroatoms. The Morgan fingerprint density at radius 3 is 2.47 bits per heavy atom. The van der Waals surface area contributed by atoms with Crippen LogP contribution >= 0.6 is 0 Å². The third-order valence-corrected chi connectivity index (χ3v) is 2.46. The van der Waals surface area contributed by atoms with Crippen LogP contribution in [-0.4, -0.2) is 10.1 Å². The van der Waals surface area contributed by atoms with Crippen LogP contribution in [0.5, 0.6) is 5.75 Å². The monoisotopic (exact) mass is 217 g/mol. The van der Waals surface area contributed by atoms with Crippen LogP contribution in [0.3, 0.4) is 0 Å². The Balaban J connectivity index is 2.51. The van der Waals surface area contributed by atoms with E-state index in [1.165, 1.54) is 6.92 Å². The van der Waals surface area contributed by atoms with Crippen LogP contribution < -0.4 is 0 Å². The quantitative estimate of drug-likeness (QED) is 0.784. The molecule has 1 aromatic heterocycles. The number of alkyl halides is 3. The van der Waals surface area contributed by atoms with Crippen molar-refractivity contribution in [1.29, 1.82) is 0 Å². The molecule has 15 heavy (non-hydrogen) atoms. The highest BCUT2D eigenvalue weighted by Crippen LogP contribution is 2.45. The second kappa shape index (κ2) is 3.12. The summed E-state index contributed by atoms with van der Waals surface area (Å²) in [5, 5.41) is 9.57. The van der Waals surface area contributed by atoms with Crippen LogP contribution in [0.15, 0.2) is 6.07 Å². The van der Waals surface area contributed by atoms with Crippen molar-refractivity contribution in [3.63, 3.8) is 0 Å². The van der Waals surface area contributed by atoms with Crippen molar-refractivity contribution in [3.8, 4) is 5.75 Å². The number of pyridine rings is 1. The van der Waals surface area contributed by atoms with Gasteiger partial charge in [-0.3, -0.25) is 0 Å². The molecule has 82 valence electrons. The van der Waals surface area contributed by atoms with E-state index >= 15 is 0 Å². The third kappa shape index (κ3) is 1.91. The zero-order valence-corrected chi connectivity index (χ0v) is 8.10. The smallest absolute Gasteiger partial charge is 0.433 e. The SMILES string of the molecule is Cc1cc(C(F)(F)F)nc(C2CC2)c1O. The van der Waals surface area contributed by atoms with Crippen molar-refractivity contribution in [1.82, 2.24) is 4.98 Å². The van der Waals surface area contributed by atoms with Gasteiger partial charge in [0.1, 0.15) is 11.4 Å². The summed E-state index contributed by atoms with van der Waals surface area (Å²) in [7, 11) is 0. The average Bonchev–Trinajstić information content (AvgIpc) is 2.90. The molecule has 0 aromatic carbocycles. The lowest BCUT2D eigenvalue weighted by atomic mass is 10.1. The first-order valence-corrected chi connectivity index (χ1v) is 4.67. The number of aromatic nitrogens is 1. The number of aryl methyl sites for hydroxylation is 1. The highest BCUT2D eigenvalue weighted by Gasteiger charge is 2.36. The molecule has 0 unspecified atom stereocenters. The fraction of sp³-hybridized carbons (Fsp3) is 0.500. The third-order valence-electron chi connectivity index (χ3n) is 2.46. The molecule has 1 N–H and O–H groups in total. The predicted molar refractivity (Wildman–Crippen MR) is 47.6 cm³/mol. The first kappa shape index (κ1) is 10.3. The zero-order chi connectivity index (χ0) is 11.2. The van der Waals surface area contributed by atoms with E-state index in [2.05, 4.69) is 4.98 Å². The Hall–Kier alpha value is -1.26. The molecule has 1 fully saturated rings. The second-order valence-electron chi connectivity index (χ2n) is 3.83. The average molecular weight is 217 g/mol. The molecule has 0 amide bonds. The topological polar surface area (TPSA) is 33.1 Å². The largest absolute Gasteiger partial charge is 0.506 e. The van der Waals surface area contributed by atoms with Gasteiger partial charge in [-0.05, 0) is 31.4 Å². The Bertz CT molecular complexity index is 396. The number of rotatable bonds is 1. The Labute approximate surface area is 84.8 Å². The molecule has 0 saturated heterocycles. The summed E-state index contributed by atoms with van der Waals surface area (Å²) in [5.41, 5.74) is -0.485. The number of nitrogens with zero attached hydrogens (tertiary/aromatic N) is 1. The van der Waals surface area contributed by atoms with E-state index in [9.17, 15) is 18.3 Å². The molecule has 0 spiro atoms. The molecule has 2 rings (SSSR count). The minimum Gasteiger partial charge on any atom is -0.506 e. The van der Waals surface area contributed by atoms with Crippen molar-refractivity contribution in [2.45, 2.75) is 31.9 Å². The van der Waals surface area contributed by atoms with Crippen LogP contribution in [0.4, 0.5) is 13.2 Å². The molecule has 1 aliphatic carbocycles. The van der Waals surface area contributed by atoms with Crippen molar-refractivity contribution in [2.75, 3.05) is 0 Å². The van der Waals surface area contributed by atoms with Crippen molar-refractivity contribution in [3.05, 3.63) is 23.0 Å². The van der Waals surface area contributed by atoms with E-state index in [-0.39, 0.29) is 22.9 Å². The molecule has 0 radical (unpaired) electrons. The van der Waals surface area contributed by atoms with Gasteiger partial charge >= 0.3 is 6.18 Å². The lowest BCUT2D eigenvalue weighted by Crippen LogP contribution is -2.10. The maximum absolute atomic E-state index is 12.4. The van der Waals surface area contributed by atoms with Gasteiger partial charge in [0, 0.05) is 5.92 Å². The van der Waals surface area contributed by atoms with Gasteiger partial charge in [-0.1, -0.05) is 0 Å². The normalized spacial score (nSPS) is 16.8. The lowest BCUT2D eigenvalue weighted by Gasteiger charge is -2.11. The first-order chi connectivity index (χ1) is 6.89. The van der Waals surface area contributed by atoms with Crippen LogP contribution in [-0.2, 0) is 6.18 Å². The van der Waals surface area contributed by atoms with Gasteiger partial charge in [0.2, 0.25) is 0 Å². The maximum Gasteiger partial charge on any atom is 0.433 e. The number of aromatic hydroxyl groups is 1. The van der Waals surface area contributed by atoms with Gasteiger partial charge in [0.15, 0.2) is 0 Å². The van der Waals surface area contributed by atoms with E-state index in [0.29, 0.717) is 0 Å². The van der Waals surface area contributed by atoms with Gasteiger partial charge in [0.05, 0.1) is 5.69 Å². The standard InChI is InChI=1S/C10H10F3NO/c1-5-4-7(10(11,12)13)14-8(9(5)15)6-2-3-6/h4,6,15H,2-3H2,1H3. The Morgan fingerprint density at radius 1 is 1.40 bits per heavy atom. The van der Waals surface area contributed by atoms with Crippen LogP contribution in [0, 0.1) is 6.92 Å². The number of hydrogen-bond acceptors (Lipinski definition) is 2. The predicted octanol–water partition coefficient (Wildman–Crippen LogP) is 2.99. The highest BCUT2D eigenvalue weighted by atomic mass is 19.4. The molecule has 1 saturated carbocycles. The molecule has 0 atom stereocenters. The minimum atomic E-state index is -4.44. The summed E-state index contributed by atoms with van der Waals surface area (Å²) >= 11 is 0. The fourth-order valence-corrected chi connectivity index (χ4v) is 1.48. The van der Waals surface area contributed by atoms with Crippen molar-refractivity contribution < 1.29 is 18.3 Å². The van der Waals surface area contributed by atoms with Crippen LogP contribution in [0.2, 0.25) is 0 Å². The molecular formula is C10H10F3NO. The van der Waals surface area contributed by atoms with E-state index in [0.717, 1.165) is 18.9 Å². The molecular weight excluding hydrogens is 207 g/mol. The minimum absolute atomic E-state index is 0.00556. The van der Waals surface area contributed by atoms with E-state index in [1.807, 2.05) is 0 Å². The van der Waals surface area contributed by atoms with Gasteiger partial charge in [-0.25, -0.2) is 4.98 Å². The van der Waals surface area contributed by atoms with E-state index in [4.69, 9.17) is 0 Å². The summed E-state index contributed by atoms with van der Waals surface area (Å²) in [4.78, 5) is 3.49. The van der Waals surface area contributed by atoms with Gasteiger partial charge in [-0.15, -0.1) is 0 Å². The maximum atomic E-state index is 12.4.